The van der Waals surface area contributed by atoms with Gasteiger partial charge in [-0.15, -0.1) is 36.3 Å². The van der Waals surface area contributed by atoms with Gasteiger partial charge in [0, 0.05) is 16.9 Å². The first-order valence-corrected chi connectivity index (χ1v) is 11.6. The molecule has 11 heteroatoms. The number of carboxylic acids is 1. The molecule has 32 heavy (non-hydrogen) atoms. The second kappa shape index (κ2) is 11.4. The van der Waals surface area contributed by atoms with Crippen LogP contribution >= 0.6 is 23.1 Å². The summed E-state index contributed by atoms with van der Waals surface area (Å²) in [6, 6.07) is 6.25. The van der Waals surface area contributed by atoms with E-state index in [9.17, 15) is 27.6 Å². The van der Waals surface area contributed by atoms with Crippen LogP contribution in [0.15, 0.2) is 30.3 Å². The van der Waals surface area contributed by atoms with Crippen molar-refractivity contribution in [1.29, 1.82) is 0 Å². The van der Waals surface area contributed by atoms with E-state index in [-0.39, 0.29) is 35.1 Å². The number of thioether (sulfide) groups is 1. The van der Waals surface area contributed by atoms with Crippen molar-refractivity contribution < 1.29 is 37.4 Å². The second-order valence-corrected chi connectivity index (χ2v) is 9.14. The lowest BCUT2D eigenvalue weighted by atomic mass is 10.0. The van der Waals surface area contributed by atoms with Crippen molar-refractivity contribution in [3.63, 3.8) is 0 Å². The average Bonchev–Trinajstić information content (AvgIpc) is 3.09. The zero-order valence-electron chi connectivity index (χ0n) is 17.3. The van der Waals surface area contributed by atoms with E-state index >= 15 is 0 Å². The number of ketones is 1. The molecule has 1 atom stereocenters. The molecule has 6 nitrogen and oxygen atoms in total. The number of rotatable bonds is 11. The molecule has 2 rings (SSSR count). The zero-order valence-corrected chi connectivity index (χ0v) is 19.0. The first-order chi connectivity index (χ1) is 15.0. The van der Waals surface area contributed by atoms with Gasteiger partial charge in [-0.25, -0.2) is 0 Å². The van der Waals surface area contributed by atoms with Crippen molar-refractivity contribution in [2.45, 2.75) is 33.1 Å². The van der Waals surface area contributed by atoms with Crippen LogP contribution < -0.4 is 10.1 Å². The Kier molecular flexibility index (Phi) is 9.14. The van der Waals surface area contributed by atoms with Crippen LogP contribution in [0.3, 0.4) is 0 Å². The fourth-order valence-corrected chi connectivity index (χ4v) is 4.56. The summed E-state index contributed by atoms with van der Waals surface area (Å²) >= 11 is 2.49. The molecule has 0 aliphatic rings. The smallest absolute Gasteiger partial charge is 0.481 e. The average molecular weight is 490 g/mol. The van der Waals surface area contributed by atoms with Gasteiger partial charge in [-0.3, -0.25) is 14.4 Å². The zero-order chi connectivity index (χ0) is 23.9. The third-order valence-corrected chi connectivity index (χ3v) is 6.59. The van der Waals surface area contributed by atoms with Crippen LogP contribution in [0.2, 0.25) is 0 Å². The van der Waals surface area contributed by atoms with Gasteiger partial charge in [0.05, 0.1) is 11.3 Å². The Bertz CT molecular complexity index is 957. The number of halogens is 3. The number of hydrogen-bond acceptors (Lipinski definition) is 6. The molecule has 174 valence electrons. The van der Waals surface area contributed by atoms with E-state index < -0.39 is 23.9 Å². The Morgan fingerprint density at radius 3 is 2.44 bits per heavy atom. The molecule has 0 aliphatic heterocycles. The van der Waals surface area contributed by atoms with Gasteiger partial charge in [0.25, 0.3) is 0 Å². The van der Waals surface area contributed by atoms with Gasteiger partial charge in [-0.2, -0.15) is 0 Å². The van der Waals surface area contributed by atoms with E-state index in [0.29, 0.717) is 17.2 Å². The third-order valence-electron chi connectivity index (χ3n) is 4.14. The predicted molar refractivity (Wildman–Crippen MR) is 118 cm³/mol. The highest BCUT2D eigenvalue weighted by Gasteiger charge is 2.31. The van der Waals surface area contributed by atoms with Crippen LogP contribution in [-0.2, 0) is 16.0 Å². The minimum Gasteiger partial charge on any atom is -0.481 e. The van der Waals surface area contributed by atoms with Crippen molar-refractivity contribution in [3.8, 4) is 5.75 Å². The van der Waals surface area contributed by atoms with Gasteiger partial charge in [0.2, 0.25) is 5.91 Å². The summed E-state index contributed by atoms with van der Waals surface area (Å²) in [5.41, 5.74) is 0.423. The van der Waals surface area contributed by atoms with Crippen LogP contribution in [0.4, 0.5) is 18.2 Å². The summed E-state index contributed by atoms with van der Waals surface area (Å²) in [5, 5.41) is 11.8. The number of benzene rings is 1. The number of carbonyl (C=O) groups excluding carboxylic acids is 2. The first-order valence-electron chi connectivity index (χ1n) is 9.61. The highest BCUT2D eigenvalue weighted by molar-refractivity contribution is 7.99. The van der Waals surface area contributed by atoms with Crippen LogP contribution in [0.1, 0.15) is 41.1 Å². The number of carbonyl (C=O) groups is 3. The lowest BCUT2D eigenvalue weighted by molar-refractivity contribution is -0.274. The highest BCUT2D eigenvalue weighted by atomic mass is 32.2. The number of thiophene rings is 1. The lowest BCUT2D eigenvalue weighted by Gasteiger charge is -2.11. The van der Waals surface area contributed by atoms with E-state index in [4.69, 9.17) is 5.11 Å². The molecule has 0 radical (unpaired) electrons. The summed E-state index contributed by atoms with van der Waals surface area (Å²) in [5.74, 6) is -1.69. The molecule has 1 aromatic heterocycles. The minimum atomic E-state index is -4.82. The topological polar surface area (TPSA) is 92.7 Å². The van der Waals surface area contributed by atoms with Crippen molar-refractivity contribution in [1.82, 2.24) is 0 Å². The minimum absolute atomic E-state index is 0.0395. The van der Waals surface area contributed by atoms with E-state index in [1.54, 1.807) is 6.07 Å². The molecule has 0 aliphatic carbocycles. The Morgan fingerprint density at radius 2 is 1.88 bits per heavy atom. The van der Waals surface area contributed by atoms with E-state index in [1.807, 2.05) is 13.8 Å². The van der Waals surface area contributed by atoms with E-state index in [0.717, 1.165) is 17.0 Å². The molecule has 0 spiro atoms. The quantitative estimate of drug-likeness (QED) is 0.421. The Hall–Kier alpha value is -2.53. The SMILES string of the molecule is CCc1cc(C(=O)c2ccc(OC(F)(F)F)cc2)c(NC(=O)CC(C)CSCC(=O)O)s1. The van der Waals surface area contributed by atoms with Gasteiger partial charge < -0.3 is 15.2 Å². The number of alkyl halides is 3. The maximum atomic E-state index is 12.9. The van der Waals surface area contributed by atoms with Gasteiger partial charge in [-0.1, -0.05) is 13.8 Å². The van der Waals surface area contributed by atoms with Crippen LogP contribution in [0.5, 0.6) is 5.75 Å². The Labute approximate surface area is 191 Å². The van der Waals surface area contributed by atoms with Gasteiger partial charge >= 0.3 is 12.3 Å². The number of carboxylic acid groups (broad SMARTS) is 1. The maximum Gasteiger partial charge on any atom is 0.573 e. The van der Waals surface area contributed by atoms with E-state index in [1.165, 1.54) is 35.2 Å². The number of anilines is 1. The van der Waals surface area contributed by atoms with Crippen LogP contribution in [0.25, 0.3) is 0 Å². The Morgan fingerprint density at radius 1 is 1.22 bits per heavy atom. The normalized spacial score (nSPS) is 12.3. The molecule has 0 bridgehead atoms. The van der Waals surface area contributed by atoms with Crippen molar-refractivity contribution in [2.24, 2.45) is 5.92 Å². The highest BCUT2D eigenvalue weighted by Crippen LogP contribution is 2.32. The van der Waals surface area contributed by atoms with Gasteiger partial charge in [-0.05, 0) is 48.4 Å². The molecule has 0 saturated carbocycles. The fourth-order valence-electron chi connectivity index (χ4n) is 2.74. The summed E-state index contributed by atoms with van der Waals surface area (Å²) in [4.78, 5) is 36.8. The number of aliphatic carboxylic acids is 1. The van der Waals surface area contributed by atoms with E-state index in [2.05, 4.69) is 10.1 Å². The maximum absolute atomic E-state index is 12.9. The number of nitrogens with one attached hydrogen (secondary N) is 1. The molecule has 1 amide bonds. The molecule has 0 saturated heterocycles. The monoisotopic (exact) mass is 489 g/mol. The molecular weight excluding hydrogens is 467 g/mol. The van der Waals surface area contributed by atoms with Crippen molar-refractivity contribution >= 4 is 45.8 Å². The molecule has 2 aromatic rings. The predicted octanol–water partition coefficient (Wildman–Crippen LogP) is 5.22. The molecular formula is C21H22F3NO5S2. The summed E-state index contributed by atoms with van der Waals surface area (Å²) in [7, 11) is 0. The summed E-state index contributed by atoms with van der Waals surface area (Å²) < 4.78 is 40.8. The van der Waals surface area contributed by atoms with Crippen molar-refractivity contribution in [2.75, 3.05) is 16.8 Å². The largest absolute Gasteiger partial charge is 0.573 e. The third kappa shape index (κ3) is 8.19. The Balaban J connectivity index is 2.09. The first kappa shape index (κ1) is 25.7. The number of amides is 1. The van der Waals surface area contributed by atoms with Crippen LogP contribution in [0, 0.1) is 5.92 Å². The molecule has 2 N–H and O–H groups in total. The second-order valence-electron chi connectivity index (χ2n) is 6.98. The summed E-state index contributed by atoms with van der Waals surface area (Å²) in [6.07, 6.45) is -4.03. The molecule has 1 unspecified atom stereocenters. The number of hydrogen-bond donors (Lipinski definition) is 2. The molecule has 1 aromatic carbocycles. The van der Waals surface area contributed by atoms with Gasteiger partial charge in [0.15, 0.2) is 5.78 Å². The fraction of sp³-hybridized carbons (Fsp3) is 0.381. The van der Waals surface area contributed by atoms with Crippen molar-refractivity contribution in [3.05, 3.63) is 46.3 Å². The van der Waals surface area contributed by atoms with Gasteiger partial charge in [0.1, 0.15) is 10.8 Å². The summed E-state index contributed by atoms with van der Waals surface area (Å²) in [6.45, 7) is 3.73. The van der Waals surface area contributed by atoms with Crippen LogP contribution in [-0.4, -0.2) is 40.6 Å². The molecule has 0 fully saturated rings. The standard InChI is InChI=1S/C21H22F3NO5S2/c1-3-15-9-16(19(29)13-4-6-14(7-5-13)30-21(22,23)24)20(32-15)25-17(26)8-12(2)10-31-11-18(27)28/h4-7,9,12H,3,8,10-11H2,1-2H3,(H,25,26)(H,27,28). The number of aryl methyl sites for hydroxylation is 1. The lowest BCUT2D eigenvalue weighted by Crippen LogP contribution is -2.18. The number of ether oxygens (including phenoxy) is 1. The molecule has 1 heterocycles.